The molecule has 0 saturated carbocycles. The Morgan fingerprint density at radius 1 is 0.939 bits per heavy atom. The van der Waals surface area contributed by atoms with Gasteiger partial charge in [0.25, 0.3) is 0 Å². The molecule has 2 atom stereocenters. The van der Waals surface area contributed by atoms with Crippen LogP contribution in [0, 0.1) is 0 Å². The van der Waals surface area contributed by atoms with E-state index < -0.39 is 0 Å². The summed E-state index contributed by atoms with van der Waals surface area (Å²) in [6, 6.07) is 25.8. The lowest BCUT2D eigenvalue weighted by molar-refractivity contribution is 0.549. The van der Waals surface area contributed by atoms with Gasteiger partial charge in [-0.25, -0.2) is 4.98 Å². The highest BCUT2D eigenvalue weighted by atomic mass is 35.5. The molecule has 1 N–H and O–H groups in total. The number of hydrogen-bond donors (Lipinski definition) is 1. The van der Waals surface area contributed by atoms with Crippen molar-refractivity contribution in [3.05, 3.63) is 108 Å². The van der Waals surface area contributed by atoms with E-state index in [9.17, 15) is 0 Å². The van der Waals surface area contributed by atoms with Gasteiger partial charge in [0, 0.05) is 23.1 Å². The molecule has 2 aromatic carbocycles. The van der Waals surface area contributed by atoms with Crippen molar-refractivity contribution in [3.63, 3.8) is 0 Å². The number of aromatic nitrogens is 3. The topological polar surface area (TPSA) is 46.0 Å². The molecule has 0 spiro atoms. The molecule has 1 aliphatic heterocycles. The van der Waals surface area contributed by atoms with Crippen molar-refractivity contribution in [2.75, 3.05) is 4.90 Å². The van der Waals surface area contributed by atoms with Gasteiger partial charge in [-0.15, -0.1) is 0 Å². The first-order chi connectivity index (χ1) is 16.2. The molecule has 6 rings (SSSR count). The molecule has 0 aliphatic carbocycles. The van der Waals surface area contributed by atoms with Crippen LogP contribution in [-0.2, 0) is 0 Å². The third-order valence-corrected chi connectivity index (χ3v) is 7.38. The Morgan fingerprint density at radius 2 is 1.76 bits per heavy atom. The van der Waals surface area contributed by atoms with Crippen LogP contribution in [0.25, 0.3) is 15.3 Å². The number of hydrogen-bond acceptors (Lipinski definition) is 4. The molecular weight excluding hydrogens is 470 g/mol. The van der Waals surface area contributed by atoms with E-state index in [0.717, 1.165) is 32.4 Å². The summed E-state index contributed by atoms with van der Waals surface area (Å²) in [4.78, 5) is 11.7. The third-order valence-electron chi connectivity index (χ3n) is 5.77. The van der Waals surface area contributed by atoms with Gasteiger partial charge in [-0.05, 0) is 72.9 Å². The molecule has 0 radical (unpaired) electrons. The predicted octanol–water partition coefficient (Wildman–Crippen LogP) is 6.31. The zero-order valence-corrected chi connectivity index (χ0v) is 19.7. The predicted molar refractivity (Wildman–Crippen MR) is 138 cm³/mol. The number of para-hydroxylation sites is 1. The first kappa shape index (κ1) is 20.4. The van der Waals surface area contributed by atoms with Crippen LogP contribution in [0.4, 0.5) is 5.69 Å². The molecule has 1 fully saturated rings. The number of rotatable bonds is 4. The van der Waals surface area contributed by atoms with Crippen LogP contribution >= 0.6 is 35.2 Å². The fourth-order valence-corrected chi connectivity index (χ4v) is 5.75. The Morgan fingerprint density at radius 3 is 2.55 bits per heavy atom. The highest BCUT2D eigenvalue weighted by Crippen LogP contribution is 2.42. The molecule has 162 valence electrons. The Labute approximate surface area is 205 Å². The van der Waals surface area contributed by atoms with Crippen molar-refractivity contribution in [1.82, 2.24) is 19.9 Å². The molecule has 8 heteroatoms. The molecule has 0 unspecified atom stereocenters. The van der Waals surface area contributed by atoms with Gasteiger partial charge in [0.15, 0.2) is 10.2 Å². The summed E-state index contributed by atoms with van der Waals surface area (Å²) in [6.07, 6.45) is 3.87. The summed E-state index contributed by atoms with van der Waals surface area (Å²) in [6.45, 7) is 0. The molecule has 5 aromatic rings. The maximum absolute atomic E-state index is 6.17. The number of nitrogens with zero attached hydrogens (tertiary/aromatic N) is 4. The smallest absolute Gasteiger partial charge is 0.194 e. The van der Waals surface area contributed by atoms with E-state index in [1.54, 1.807) is 11.3 Å². The van der Waals surface area contributed by atoms with Gasteiger partial charge in [0.05, 0.1) is 27.6 Å². The quantitative estimate of drug-likeness (QED) is 0.301. The van der Waals surface area contributed by atoms with Gasteiger partial charge in [0.2, 0.25) is 0 Å². The Balaban J connectivity index is 1.51. The highest BCUT2D eigenvalue weighted by Gasteiger charge is 2.42. The second-order valence-corrected chi connectivity index (χ2v) is 9.57. The zero-order chi connectivity index (χ0) is 22.4. The van der Waals surface area contributed by atoms with Gasteiger partial charge in [0.1, 0.15) is 6.04 Å². The Bertz CT molecular complexity index is 1410. The number of anilines is 1. The highest BCUT2D eigenvalue weighted by molar-refractivity contribution is 7.80. The van der Waals surface area contributed by atoms with Crippen LogP contribution in [0.5, 0.6) is 0 Å². The van der Waals surface area contributed by atoms with Crippen molar-refractivity contribution >= 4 is 56.2 Å². The maximum atomic E-state index is 6.17. The number of thiazole rings is 1. The second-order valence-electron chi connectivity index (χ2n) is 7.74. The molecule has 0 bridgehead atoms. The largest absolute Gasteiger partial charge is 0.351 e. The minimum Gasteiger partial charge on any atom is -0.351 e. The Hall–Kier alpha value is -3.26. The fourth-order valence-electron chi connectivity index (χ4n) is 4.31. The number of halogens is 1. The van der Waals surface area contributed by atoms with Crippen molar-refractivity contribution in [2.24, 2.45) is 0 Å². The number of nitrogens with one attached hydrogen (secondary N) is 1. The van der Waals surface area contributed by atoms with E-state index in [1.165, 1.54) is 0 Å². The first-order valence-corrected chi connectivity index (χ1v) is 12.1. The zero-order valence-electron chi connectivity index (χ0n) is 17.3. The third kappa shape index (κ3) is 3.58. The first-order valence-electron chi connectivity index (χ1n) is 10.5. The van der Waals surface area contributed by atoms with Gasteiger partial charge in [-0.2, -0.15) is 0 Å². The summed E-state index contributed by atoms with van der Waals surface area (Å²) < 4.78 is 3.31. The van der Waals surface area contributed by atoms with Gasteiger partial charge < -0.3 is 10.2 Å². The minimum atomic E-state index is -0.129. The van der Waals surface area contributed by atoms with Crippen LogP contribution in [0.2, 0.25) is 5.02 Å². The summed E-state index contributed by atoms with van der Waals surface area (Å²) in [7, 11) is 0. The van der Waals surface area contributed by atoms with Gasteiger partial charge in [-0.3, -0.25) is 9.55 Å². The monoisotopic (exact) mass is 487 g/mol. The minimum absolute atomic E-state index is 0.127. The Kier molecular flexibility index (Phi) is 5.10. The van der Waals surface area contributed by atoms with E-state index in [4.69, 9.17) is 28.8 Å². The normalized spacial score (nSPS) is 18.1. The molecule has 1 aliphatic rings. The lowest BCUT2D eigenvalue weighted by Gasteiger charge is -2.28. The molecule has 5 nitrogen and oxygen atoms in total. The summed E-state index contributed by atoms with van der Waals surface area (Å²) >= 11 is 13.7. The van der Waals surface area contributed by atoms with Crippen LogP contribution in [-0.4, -0.2) is 19.6 Å². The summed E-state index contributed by atoms with van der Waals surface area (Å²) in [5.41, 5.74) is 3.97. The van der Waals surface area contributed by atoms with Crippen LogP contribution in [0.15, 0.2) is 91.3 Å². The number of thiocarbonyl (C=S) groups is 1. The van der Waals surface area contributed by atoms with Gasteiger partial charge >= 0.3 is 0 Å². The van der Waals surface area contributed by atoms with Crippen molar-refractivity contribution in [3.8, 4) is 5.13 Å². The molecular formula is C25H18ClN5S2. The molecule has 0 amide bonds. The lowest BCUT2D eigenvalue weighted by Crippen LogP contribution is -2.30. The lowest BCUT2D eigenvalue weighted by atomic mass is 10.0. The fraction of sp³-hybridized carbons (Fsp3) is 0.0800. The maximum Gasteiger partial charge on any atom is 0.194 e. The second kappa shape index (κ2) is 8.26. The molecule has 33 heavy (non-hydrogen) atoms. The van der Waals surface area contributed by atoms with E-state index in [1.807, 2.05) is 66.9 Å². The van der Waals surface area contributed by atoms with E-state index in [0.29, 0.717) is 10.1 Å². The van der Waals surface area contributed by atoms with E-state index in [-0.39, 0.29) is 12.1 Å². The molecule has 3 aromatic heterocycles. The van der Waals surface area contributed by atoms with Crippen LogP contribution < -0.4 is 10.2 Å². The van der Waals surface area contributed by atoms with Crippen LogP contribution in [0.1, 0.15) is 23.5 Å². The van der Waals surface area contributed by atoms with Crippen molar-refractivity contribution in [2.45, 2.75) is 12.1 Å². The number of pyridine rings is 1. The van der Waals surface area contributed by atoms with E-state index >= 15 is 0 Å². The summed E-state index contributed by atoms with van der Waals surface area (Å²) in [5, 5.41) is 5.77. The van der Waals surface area contributed by atoms with Crippen molar-refractivity contribution < 1.29 is 0 Å². The SMILES string of the molecule is S=C1N[C@H](c2ccccn2)[C@H](c2cccn2-c2nc3ccccc3s2)N1c1ccc(Cl)cc1. The standard InChI is InChI=1S/C25H18ClN5S2/c26-16-10-12-17(13-11-16)31-23(22(29-24(31)32)19-7-3-4-14-27-19)20-8-5-15-30(20)25-28-18-6-1-2-9-21(18)33-25/h1-15,22-23H,(H,29,32)/t22-,23+/m1/s1. The number of fused-ring (bicyclic) bond motifs is 1. The van der Waals surface area contributed by atoms with E-state index in [2.05, 4.69) is 44.2 Å². The summed E-state index contributed by atoms with van der Waals surface area (Å²) in [5.74, 6) is 0. The molecule has 1 saturated heterocycles. The average molecular weight is 488 g/mol. The van der Waals surface area contributed by atoms with Gasteiger partial charge in [-0.1, -0.05) is 41.1 Å². The average Bonchev–Trinajstić information content (AvgIpc) is 3.56. The van der Waals surface area contributed by atoms with Crippen molar-refractivity contribution in [1.29, 1.82) is 0 Å². The number of benzene rings is 2. The molecule has 4 heterocycles. The van der Waals surface area contributed by atoms with Crippen LogP contribution in [0.3, 0.4) is 0 Å².